The van der Waals surface area contributed by atoms with E-state index in [0.717, 1.165) is 37.7 Å². The number of fused-ring (bicyclic) bond motifs is 1. The fourth-order valence-electron chi connectivity index (χ4n) is 2.45. The number of unbranched alkanes of at least 4 members (excludes halogenated alkanes) is 1. The number of aliphatic hydroxyl groups is 1. The summed E-state index contributed by atoms with van der Waals surface area (Å²) >= 11 is 0. The van der Waals surface area contributed by atoms with Crippen LogP contribution < -0.4 is 10.1 Å². The van der Waals surface area contributed by atoms with Crippen LogP contribution >= 0.6 is 0 Å². The topological polar surface area (TPSA) is 58.6 Å². The molecule has 110 valence electrons. The molecule has 4 heteroatoms. The molecule has 1 amide bonds. The summed E-state index contributed by atoms with van der Waals surface area (Å²) in [6, 6.07) is 5.72. The number of ether oxygens (including phenoxy) is 1. The van der Waals surface area contributed by atoms with Gasteiger partial charge >= 0.3 is 0 Å². The quantitative estimate of drug-likeness (QED) is 0.785. The Morgan fingerprint density at radius 2 is 2.35 bits per heavy atom. The lowest BCUT2D eigenvalue weighted by Crippen LogP contribution is -2.29. The van der Waals surface area contributed by atoms with Crippen molar-refractivity contribution in [3.63, 3.8) is 0 Å². The summed E-state index contributed by atoms with van der Waals surface area (Å²) in [5.74, 6) is 0.548. The zero-order chi connectivity index (χ0) is 14.4. The third-order valence-electron chi connectivity index (χ3n) is 3.62. The molecule has 1 atom stereocenters. The lowest BCUT2D eigenvalue weighted by atomic mass is 9.89. The Bertz CT molecular complexity index is 459. The van der Waals surface area contributed by atoms with E-state index in [9.17, 15) is 9.90 Å². The minimum Gasteiger partial charge on any atom is -0.484 e. The highest BCUT2D eigenvalue weighted by Gasteiger charge is 2.18. The largest absolute Gasteiger partial charge is 0.484 e. The summed E-state index contributed by atoms with van der Waals surface area (Å²) in [5, 5.41) is 12.8. The van der Waals surface area contributed by atoms with Gasteiger partial charge in [0.25, 0.3) is 5.91 Å². The maximum absolute atomic E-state index is 11.6. The first-order valence-electron chi connectivity index (χ1n) is 7.41. The summed E-state index contributed by atoms with van der Waals surface area (Å²) in [6.07, 6.45) is 4.47. The molecule has 0 heterocycles. The summed E-state index contributed by atoms with van der Waals surface area (Å²) in [4.78, 5) is 11.6. The monoisotopic (exact) mass is 277 g/mol. The second kappa shape index (κ2) is 7.29. The van der Waals surface area contributed by atoms with Crippen LogP contribution in [0.5, 0.6) is 5.75 Å². The maximum Gasteiger partial charge on any atom is 0.257 e. The smallest absolute Gasteiger partial charge is 0.257 e. The fourth-order valence-corrected chi connectivity index (χ4v) is 2.45. The molecule has 4 nitrogen and oxygen atoms in total. The van der Waals surface area contributed by atoms with Crippen molar-refractivity contribution < 1.29 is 14.6 Å². The predicted octanol–water partition coefficient (Wildman–Crippen LogP) is 2.35. The van der Waals surface area contributed by atoms with Crippen molar-refractivity contribution in [3.05, 3.63) is 29.3 Å². The Hall–Kier alpha value is -1.55. The van der Waals surface area contributed by atoms with Crippen molar-refractivity contribution >= 4 is 5.91 Å². The van der Waals surface area contributed by atoms with E-state index in [1.165, 1.54) is 5.56 Å². The van der Waals surface area contributed by atoms with Crippen LogP contribution in [0.25, 0.3) is 0 Å². The molecule has 1 aromatic carbocycles. The normalized spacial score (nSPS) is 17.4. The predicted molar refractivity (Wildman–Crippen MR) is 77.8 cm³/mol. The van der Waals surface area contributed by atoms with E-state index < -0.39 is 6.10 Å². The van der Waals surface area contributed by atoms with Crippen molar-refractivity contribution in [2.24, 2.45) is 0 Å². The lowest BCUT2D eigenvalue weighted by Gasteiger charge is -2.21. The molecule has 0 aromatic heterocycles. The highest BCUT2D eigenvalue weighted by molar-refractivity contribution is 5.77. The number of hydrogen-bond donors (Lipinski definition) is 2. The molecule has 2 rings (SSSR count). The first-order chi connectivity index (χ1) is 9.70. The standard InChI is InChI=1S/C16H23NO3/c1-2-3-9-17-16(19)11-20-13-8-7-12-5-4-6-15(18)14(12)10-13/h7-8,10,15,18H,2-6,9,11H2,1H3,(H,17,19). The number of carbonyl (C=O) groups is 1. The Morgan fingerprint density at radius 1 is 1.50 bits per heavy atom. The highest BCUT2D eigenvalue weighted by atomic mass is 16.5. The van der Waals surface area contributed by atoms with E-state index in [2.05, 4.69) is 12.2 Å². The van der Waals surface area contributed by atoms with Gasteiger partial charge in [0.1, 0.15) is 5.75 Å². The molecule has 0 bridgehead atoms. The number of carbonyl (C=O) groups excluding carboxylic acids is 1. The van der Waals surface area contributed by atoms with Crippen LogP contribution in [0.3, 0.4) is 0 Å². The van der Waals surface area contributed by atoms with Gasteiger partial charge in [-0.25, -0.2) is 0 Å². The molecule has 1 unspecified atom stereocenters. The maximum atomic E-state index is 11.6. The molecule has 2 N–H and O–H groups in total. The second-order valence-electron chi connectivity index (χ2n) is 5.26. The lowest BCUT2D eigenvalue weighted by molar-refractivity contribution is -0.123. The number of nitrogens with one attached hydrogen (secondary N) is 1. The van der Waals surface area contributed by atoms with Gasteiger partial charge < -0.3 is 15.2 Å². The molecule has 1 aromatic rings. The molecular weight excluding hydrogens is 254 g/mol. The third-order valence-corrected chi connectivity index (χ3v) is 3.62. The number of aliphatic hydroxyl groups excluding tert-OH is 1. The Kier molecular flexibility index (Phi) is 5.41. The van der Waals surface area contributed by atoms with Crippen molar-refractivity contribution in [1.29, 1.82) is 0 Å². The van der Waals surface area contributed by atoms with Gasteiger partial charge in [0.05, 0.1) is 6.10 Å². The van der Waals surface area contributed by atoms with E-state index in [-0.39, 0.29) is 12.5 Å². The average molecular weight is 277 g/mol. The van der Waals surface area contributed by atoms with Crippen molar-refractivity contribution in [1.82, 2.24) is 5.32 Å². The molecule has 0 saturated heterocycles. The van der Waals surface area contributed by atoms with E-state index in [1.807, 2.05) is 18.2 Å². The van der Waals surface area contributed by atoms with Gasteiger partial charge in [0.2, 0.25) is 0 Å². The first-order valence-corrected chi connectivity index (χ1v) is 7.41. The van der Waals surface area contributed by atoms with Crippen LogP contribution in [0, 0.1) is 0 Å². The van der Waals surface area contributed by atoms with Gasteiger partial charge in [0, 0.05) is 6.54 Å². The molecule has 0 radical (unpaired) electrons. The van der Waals surface area contributed by atoms with Crippen LogP contribution in [0.15, 0.2) is 18.2 Å². The summed E-state index contributed by atoms with van der Waals surface area (Å²) in [6.45, 7) is 2.81. The number of benzene rings is 1. The molecule has 0 spiro atoms. The van der Waals surface area contributed by atoms with E-state index in [1.54, 1.807) is 0 Å². The zero-order valence-corrected chi connectivity index (χ0v) is 12.0. The minimum absolute atomic E-state index is 0.0264. The number of hydrogen-bond acceptors (Lipinski definition) is 3. The molecule has 20 heavy (non-hydrogen) atoms. The molecule has 0 saturated carbocycles. The molecule has 0 aliphatic heterocycles. The molecule has 1 aliphatic rings. The molecule has 1 aliphatic carbocycles. The second-order valence-corrected chi connectivity index (χ2v) is 5.26. The van der Waals surface area contributed by atoms with E-state index in [4.69, 9.17) is 4.74 Å². The third kappa shape index (κ3) is 3.97. The van der Waals surface area contributed by atoms with Crippen LogP contribution in [0.2, 0.25) is 0 Å². The van der Waals surface area contributed by atoms with Gasteiger partial charge in [-0.05, 0) is 48.9 Å². The van der Waals surface area contributed by atoms with Crippen molar-refractivity contribution in [2.45, 2.75) is 45.1 Å². The first kappa shape index (κ1) is 14.9. The van der Waals surface area contributed by atoms with Crippen LogP contribution in [0.1, 0.15) is 49.8 Å². The number of rotatable bonds is 6. The summed E-state index contributed by atoms with van der Waals surface area (Å²) in [7, 11) is 0. The Labute approximate surface area is 120 Å². The van der Waals surface area contributed by atoms with Crippen LogP contribution in [0.4, 0.5) is 0 Å². The highest BCUT2D eigenvalue weighted by Crippen LogP contribution is 2.32. The van der Waals surface area contributed by atoms with E-state index in [0.29, 0.717) is 12.3 Å². The Morgan fingerprint density at radius 3 is 3.15 bits per heavy atom. The van der Waals surface area contributed by atoms with Crippen LogP contribution in [-0.2, 0) is 11.2 Å². The summed E-state index contributed by atoms with van der Waals surface area (Å²) < 4.78 is 5.49. The number of amides is 1. The Balaban J connectivity index is 1.87. The van der Waals surface area contributed by atoms with Crippen molar-refractivity contribution in [2.75, 3.05) is 13.2 Å². The SMILES string of the molecule is CCCCNC(=O)COc1ccc2c(c1)C(O)CCC2. The summed E-state index contributed by atoms with van der Waals surface area (Å²) in [5.41, 5.74) is 2.13. The van der Waals surface area contributed by atoms with Gasteiger partial charge in [-0.2, -0.15) is 0 Å². The van der Waals surface area contributed by atoms with Gasteiger partial charge in [0.15, 0.2) is 6.61 Å². The number of aryl methyl sites for hydroxylation is 1. The zero-order valence-electron chi connectivity index (χ0n) is 12.0. The van der Waals surface area contributed by atoms with Gasteiger partial charge in [-0.1, -0.05) is 19.4 Å². The van der Waals surface area contributed by atoms with Gasteiger partial charge in [-0.15, -0.1) is 0 Å². The average Bonchev–Trinajstić information content (AvgIpc) is 2.46. The fraction of sp³-hybridized carbons (Fsp3) is 0.562. The van der Waals surface area contributed by atoms with Gasteiger partial charge in [-0.3, -0.25) is 4.79 Å². The molecular formula is C16H23NO3. The van der Waals surface area contributed by atoms with Crippen molar-refractivity contribution in [3.8, 4) is 5.75 Å². The van der Waals surface area contributed by atoms with Crippen LogP contribution in [-0.4, -0.2) is 24.2 Å². The minimum atomic E-state index is -0.402. The molecule has 0 fully saturated rings. The van der Waals surface area contributed by atoms with E-state index >= 15 is 0 Å².